The summed E-state index contributed by atoms with van der Waals surface area (Å²) in [5.41, 5.74) is 2.91. The second-order valence-electron chi connectivity index (χ2n) is 13.2. The highest BCUT2D eigenvalue weighted by Crippen LogP contribution is 2.47. The number of rotatable bonds is 7. The van der Waals surface area contributed by atoms with Gasteiger partial charge >= 0.3 is 12.2 Å². The van der Waals surface area contributed by atoms with Gasteiger partial charge in [-0.3, -0.25) is 4.90 Å². The largest absolute Gasteiger partial charge is 0.461 e. The van der Waals surface area contributed by atoms with E-state index >= 15 is 4.39 Å². The van der Waals surface area contributed by atoms with Crippen LogP contribution < -0.4 is 20.7 Å². The molecular weight excluding hydrogens is 641 g/mol. The Morgan fingerprint density at radius 3 is 2.60 bits per heavy atom. The molecule has 0 radical (unpaired) electrons. The Bertz CT molecular complexity index is 1860. The first kappa shape index (κ1) is 30.9. The number of aromatic nitrogens is 3. The number of nitrogens with zero attached hydrogens (tertiary/aromatic N) is 5. The molecule has 47 heavy (non-hydrogen) atoms. The lowest BCUT2D eigenvalue weighted by atomic mass is 9.95. The van der Waals surface area contributed by atoms with E-state index in [9.17, 15) is 17.6 Å². The van der Waals surface area contributed by atoms with E-state index in [1.165, 1.54) is 0 Å². The molecule has 4 aliphatic rings. The van der Waals surface area contributed by atoms with E-state index < -0.39 is 28.9 Å². The number of piperazine rings is 1. The number of alkyl halides is 3. The third-order valence-electron chi connectivity index (χ3n) is 10.4. The number of nitrogens with two attached hydrogens (primary N) is 1. The number of methoxy groups -OCH3 is 1. The minimum Gasteiger partial charge on any atom is -0.461 e. The van der Waals surface area contributed by atoms with E-state index in [1.807, 2.05) is 4.90 Å². The normalized spacial score (nSPS) is 26.2. The fourth-order valence-corrected chi connectivity index (χ4v) is 9.09. The van der Waals surface area contributed by atoms with Crippen molar-refractivity contribution in [3.8, 4) is 17.1 Å². The molecule has 0 aliphatic carbocycles. The lowest BCUT2D eigenvalue weighted by molar-refractivity contribution is -0.137. The molecule has 9 nitrogen and oxygen atoms in total. The first-order valence-electron chi connectivity index (χ1n) is 15.9. The van der Waals surface area contributed by atoms with E-state index in [0.717, 1.165) is 74.6 Å². The zero-order valence-corrected chi connectivity index (χ0v) is 26.5. The van der Waals surface area contributed by atoms with Crippen molar-refractivity contribution in [2.45, 2.75) is 68.4 Å². The van der Waals surface area contributed by atoms with Gasteiger partial charge in [0.05, 0.1) is 27.9 Å². The summed E-state index contributed by atoms with van der Waals surface area (Å²) in [6.45, 7) is 2.78. The molecule has 4 atom stereocenters. The number of thiazole rings is 1. The van der Waals surface area contributed by atoms with Crippen LogP contribution in [0.3, 0.4) is 0 Å². The molecule has 4 saturated heterocycles. The third-order valence-corrected chi connectivity index (χ3v) is 11.2. The SMILES string of the molecule is COCC1CCC2(COc3nc(N4CC5CCC(C4)N5)c4cc(C(F)(F)F)c(-c5ccc(F)c6sc(N)nc56)c(F)c4n3)CCCN12. The number of halogens is 5. The van der Waals surface area contributed by atoms with Crippen molar-refractivity contribution in [1.29, 1.82) is 0 Å². The molecule has 2 bridgehead atoms. The number of anilines is 2. The summed E-state index contributed by atoms with van der Waals surface area (Å²) in [6, 6.07) is 3.46. The van der Waals surface area contributed by atoms with Gasteiger partial charge in [-0.2, -0.15) is 23.1 Å². The molecule has 4 aromatic rings. The van der Waals surface area contributed by atoms with Gasteiger partial charge in [-0.1, -0.05) is 11.3 Å². The summed E-state index contributed by atoms with van der Waals surface area (Å²) < 4.78 is 87.8. The highest BCUT2D eigenvalue weighted by atomic mass is 32.1. The zero-order chi connectivity index (χ0) is 32.7. The molecule has 0 spiro atoms. The predicted octanol–water partition coefficient (Wildman–Crippen LogP) is 5.75. The van der Waals surface area contributed by atoms with Crippen molar-refractivity contribution >= 4 is 43.4 Å². The van der Waals surface area contributed by atoms with Crippen LogP contribution in [0.4, 0.5) is 32.9 Å². The molecule has 2 aromatic carbocycles. The lowest BCUT2D eigenvalue weighted by Crippen LogP contribution is -2.51. The molecule has 0 saturated carbocycles. The van der Waals surface area contributed by atoms with E-state index in [0.29, 0.717) is 19.7 Å². The van der Waals surface area contributed by atoms with Crippen LogP contribution in [0.5, 0.6) is 6.01 Å². The van der Waals surface area contributed by atoms with E-state index in [4.69, 9.17) is 20.2 Å². The maximum atomic E-state index is 16.9. The van der Waals surface area contributed by atoms with Crippen LogP contribution >= 0.6 is 11.3 Å². The number of ether oxygens (including phenoxy) is 2. The Hall–Kier alpha value is -3.40. The second-order valence-corrected chi connectivity index (χ2v) is 14.2. The average Bonchev–Trinajstić information content (AvgIpc) is 3.80. The number of fused-ring (bicyclic) bond motifs is 5. The summed E-state index contributed by atoms with van der Waals surface area (Å²) in [6.07, 6.45) is 0.662. The fourth-order valence-electron chi connectivity index (χ4n) is 8.33. The van der Waals surface area contributed by atoms with Crippen molar-refractivity contribution in [1.82, 2.24) is 25.2 Å². The molecule has 3 N–H and O–H groups in total. The van der Waals surface area contributed by atoms with Crippen molar-refractivity contribution in [2.24, 2.45) is 0 Å². The molecule has 4 aliphatic heterocycles. The van der Waals surface area contributed by atoms with Crippen LogP contribution in [-0.4, -0.2) is 83.5 Å². The molecule has 4 fully saturated rings. The van der Waals surface area contributed by atoms with Crippen molar-refractivity contribution in [3.63, 3.8) is 0 Å². The highest BCUT2D eigenvalue weighted by molar-refractivity contribution is 7.22. The maximum absolute atomic E-state index is 16.9. The number of hydrogen-bond donors (Lipinski definition) is 2. The first-order valence-corrected chi connectivity index (χ1v) is 16.7. The molecule has 250 valence electrons. The first-order chi connectivity index (χ1) is 22.5. The summed E-state index contributed by atoms with van der Waals surface area (Å²) in [4.78, 5) is 17.6. The Kier molecular flexibility index (Phi) is 7.46. The zero-order valence-electron chi connectivity index (χ0n) is 25.7. The van der Waals surface area contributed by atoms with Gasteiger partial charge in [0.2, 0.25) is 0 Å². The quantitative estimate of drug-likeness (QED) is 0.237. The molecule has 2 aromatic heterocycles. The van der Waals surface area contributed by atoms with Gasteiger partial charge in [0.1, 0.15) is 23.8 Å². The van der Waals surface area contributed by atoms with Crippen LogP contribution in [0.1, 0.15) is 44.1 Å². The molecule has 6 heterocycles. The standard InChI is InChI=1S/C32H34F5N7O2S/c1-45-14-18-7-9-31(8-2-10-44(18)31)15-46-30-41-25-20(28(42-30)43-12-16-3-4-17(13-43)39-16)11-21(32(35,36)37)23(24(25)34)19-5-6-22(33)27-26(19)40-29(38)47-27/h5-6,11,16-18,39H,2-4,7-10,12-15H2,1H3,(H2,38,40). The van der Waals surface area contributed by atoms with Crippen LogP contribution in [0.2, 0.25) is 0 Å². The topological polar surface area (TPSA) is 102 Å². The average molecular weight is 676 g/mol. The summed E-state index contributed by atoms with van der Waals surface area (Å²) in [7, 11) is 1.69. The van der Waals surface area contributed by atoms with Crippen LogP contribution in [-0.2, 0) is 10.9 Å². The molecular formula is C32H34F5N7O2S. The van der Waals surface area contributed by atoms with Gasteiger partial charge in [-0.25, -0.2) is 13.8 Å². The predicted molar refractivity (Wildman–Crippen MR) is 169 cm³/mol. The maximum Gasteiger partial charge on any atom is 0.417 e. The number of nitrogen functional groups attached to an aromatic ring is 1. The molecule has 15 heteroatoms. The van der Waals surface area contributed by atoms with Gasteiger partial charge in [-0.05, 0) is 63.3 Å². The smallest absolute Gasteiger partial charge is 0.417 e. The van der Waals surface area contributed by atoms with E-state index in [2.05, 4.69) is 20.2 Å². The number of hydrogen-bond acceptors (Lipinski definition) is 10. The van der Waals surface area contributed by atoms with Crippen molar-refractivity contribution in [2.75, 3.05) is 50.6 Å². The van der Waals surface area contributed by atoms with Gasteiger partial charge in [0, 0.05) is 54.8 Å². The number of benzene rings is 2. The third kappa shape index (κ3) is 5.16. The molecule has 8 rings (SSSR count). The molecule has 0 amide bonds. The van der Waals surface area contributed by atoms with Gasteiger partial charge in [-0.15, -0.1) is 0 Å². The van der Waals surface area contributed by atoms with Crippen molar-refractivity contribution in [3.05, 3.63) is 35.4 Å². The Morgan fingerprint density at radius 2 is 1.85 bits per heavy atom. The minimum atomic E-state index is -4.96. The van der Waals surface area contributed by atoms with Gasteiger partial charge in [0.15, 0.2) is 10.9 Å². The molecule has 4 unspecified atom stereocenters. The Morgan fingerprint density at radius 1 is 1.06 bits per heavy atom. The lowest BCUT2D eigenvalue weighted by Gasteiger charge is -2.35. The van der Waals surface area contributed by atoms with Gasteiger partial charge in [0.25, 0.3) is 0 Å². The highest BCUT2D eigenvalue weighted by Gasteiger charge is 2.50. The fraction of sp³-hybridized carbons (Fsp3) is 0.531. The Labute approximate surface area is 271 Å². The summed E-state index contributed by atoms with van der Waals surface area (Å²) >= 11 is 0.787. The number of nitrogens with one attached hydrogen (secondary N) is 1. The monoisotopic (exact) mass is 675 g/mol. The van der Waals surface area contributed by atoms with Crippen LogP contribution in [0, 0.1) is 11.6 Å². The summed E-state index contributed by atoms with van der Waals surface area (Å²) in [5, 5.41) is 3.41. The van der Waals surface area contributed by atoms with Crippen LogP contribution in [0.15, 0.2) is 18.2 Å². The van der Waals surface area contributed by atoms with E-state index in [1.54, 1.807) is 7.11 Å². The van der Waals surface area contributed by atoms with Crippen LogP contribution in [0.25, 0.3) is 32.2 Å². The minimum absolute atomic E-state index is 0.0466. The second kappa shape index (κ2) is 11.3. The van der Waals surface area contributed by atoms with E-state index in [-0.39, 0.29) is 73.9 Å². The van der Waals surface area contributed by atoms with Crippen molar-refractivity contribution < 1.29 is 31.4 Å². The Balaban J connectivity index is 1.29. The summed E-state index contributed by atoms with van der Waals surface area (Å²) in [5.74, 6) is -1.71. The van der Waals surface area contributed by atoms with Gasteiger partial charge < -0.3 is 25.4 Å².